The fourth-order valence-electron chi connectivity index (χ4n) is 1.10. The van der Waals surface area contributed by atoms with E-state index < -0.39 is 0 Å². The second kappa shape index (κ2) is 3.58. The Morgan fingerprint density at radius 2 is 1.38 bits per heavy atom. The van der Waals surface area contributed by atoms with E-state index in [2.05, 4.69) is 53.8 Å². The molecular formula is C11H26N2. The summed E-state index contributed by atoms with van der Waals surface area (Å²) in [4.78, 5) is 0. The minimum atomic E-state index is -0.209. The van der Waals surface area contributed by atoms with Crippen molar-refractivity contribution in [3.05, 3.63) is 0 Å². The molecule has 0 rings (SSSR count). The largest absolute Gasteiger partial charge is 0.324 e. The van der Waals surface area contributed by atoms with Crippen molar-refractivity contribution < 1.29 is 0 Å². The second-order valence-electron chi connectivity index (χ2n) is 5.71. The number of rotatable bonds is 4. The predicted molar refractivity (Wildman–Crippen MR) is 59.9 cm³/mol. The molecule has 80 valence electrons. The van der Waals surface area contributed by atoms with Gasteiger partial charge in [0.05, 0.1) is 0 Å². The third-order valence-electron chi connectivity index (χ3n) is 3.15. The zero-order valence-corrected chi connectivity index (χ0v) is 10.3. The van der Waals surface area contributed by atoms with Crippen molar-refractivity contribution in [2.75, 3.05) is 0 Å². The van der Waals surface area contributed by atoms with E-state index in [0.717, 1.165) is 6.42 Å². The van der Waals surface area contributed by atoms with Gasteiger partial charge in [-0.15, -0.1) is 0 Å². The van der Waals surface area contributed by atoms with Crippen LogP contribution in [-0.2, 0) is 0 Å². The molecule has 3 N–H and O–H groups in total. The summed E-state index contributed by atoms with van der Waals surface area (Å²) in [6.45, 7) is 15.0. The first-order valence-corrected chi connectivity index (χ1v) is 5.10. The first-order chi connectivity index (χ1) is 5.52. The Bertz CT molecular complexity index is 163. The molecule has 0 unspecified atom stereocenters. The van der Waals surface area contributed by atoms with Crippen LogP contribution in [0, 0.1) is 0 Å². The molecule has 0 heterocycles. The van der Waals surface area contributed by atoms with Gasteiger partial charge >= 0.3 is 0 Å². The summed E-state index contributed by atoms with van der Waals surface area (Å²) in [5.74, 6) is 0. The molecule has 2 heteroatoms. The van der Waals surface area contributed by atoms with Gasteiger partial charge in [0.1, 0.15) is 0 Å². The summed E-state index contributed by atoms with van der Waals surface area (Å²) in [5, 5.41) is 3.60. The summed E-state index contributed by atoms with van der Waals surface area (Å²) in [6, 6.07) is 0. The molecule has 0 amide bonds. The molecule has 0 aromatic carbocycles. The van der Waals surface area contributed by atoms with Gasteiger partial charge in [-0.1, -0.05) is 6.92 Å². The Morgan fingerprint density at radius 1 is 1.00 bits per heavy atom. The Labute approximate surface area is 83.3 Å². The lowest BCUT2D eigenvalue weighted by Crippen LogP contribution is -2.65. The topological polar surface area (TPSA) is 38.0 Å². The van der Waals surface area contributed by atoms with E-state index in [4.69, 9.17) is 5.73 Å². The predicted octanol–water partition coefficient (Wildman–Crippen LogP) is 2.28. The zero-order chi connectivity index (χ0) is 10.9. The molecule has 0 radical (unpaired) electrons. The van der Waals surface area contributed by atoms with Crippen LogP contribution in [0.2, 0.25) is 0 Å². The number of nitrogens with two attached hydrogens (primary N) is 1. The maximum atomic E-state index is 6.11. The van der Waals surface area contributed by atoms with Crippen LogP contribution in [0.25, 0.3) is 0 Å². The van der Waals surface area contributed by atoms with E-state index in [1.807, 2.05) is 0 Å². The lowest BCUT2D eigenvalue weighted by Gasteiger charge is -2.45. The number of hydrogen-bond donors (Lipinski definition) is 2. The van der Waals surface area contributed by atoms with Gasteiger partial charge in [-0.3, -0.25) is 0 Å². The Kier molecular flexibility index (Phi) is 3.56. The van der Waals surface area contributed by atoms with E-state index >= 15 is 0 Å². The lowest BCUT2D eigenvalue weighted by molar-refractivity contribution is 0.177. The van der Waals surface area contributed by atoms with E-state index in [0.29, 0.717) is 0 Å². The van der Waals surface area contributed by atoms with Crippen LogP contribution in [0.4, 0.5) is 0 Å². The highest BCUT2D eigenvalue weighted by Crippen LogP contribution is 2.22. The normalized spacial score (nSPS) is 14.8. The van der Waals surface area contributed by atoms with Gasteiger partial charge in [-0.05, 0) is 48.0 Å². The molecule has 0 fully saturated rings. The molecule has 0 aromatic rings. The zero-order valence-electron chi connectivity index (χ0n) is 10.3. The lowest BCUT2D eigenvalue weighted by atomic mass is 9.81. The smallest absolute Gasteiger partial charge is 0.0304 e. The minimum Gasteiger partial charge on any atom is -0.324 e. The molecule has 2 nitrogen and oxygen atoms in total. The van der Waals surface area contributed by atoms with Gasteiger partial charge in [0.25, 0.3) is 0 Å². The van der Waals surface area contributed by atoms with Gasteiger partial charge in [0, 0.05) is 16.6 Å². The van der Waals surface area contributed by atoms with Crippen LogP contribution < -0.4 is 11.1 Å². The molecule has 0 aromatic heterocycles. The van der Waals surface area contributed by atoms with Crippen LogP contribution in [-0.4, -0.2) is 16.6 Å². The summed E-state index contributed by atoms with van der Waals surface area (Å²) in [7, 11) is 0. The van der Waals surface area contributed by atoms with Crippen molar-refractivity contribution in [1.29, 1.82) is 0 Å². The highest BCUT2D eigenvalue weighted by molar-refractivity contribution is 5.00. The average molecular weight is 186 g/mol. The molecule has 0 atom stereocenters. The molecule has 0 aliphatic heterocycles. The molecule has 0 aliphatic rings. The van der Waals surface area contributed by atoms with E-state index in [9.17, 15) is 0 Å². The average Bonchev–Trinajstić information content (AvgIpc) is 1.83. The van der Waals surface area contributed by atoms with E-state index in [-0.39, 0.29) is 16.6 Å². The number of nitrogens with one attached hydrogen (secondary N) is 1. The molecule has 0 saturated carbocycles. The van der Waals surface area contributed by atoms with Gasteiger partial charge in [0.2, 0.25) is 0 Å². The van der Waals surface area contributed by atoms with Crippen molar-refractivity contribution in [2.45, 2.75) is 71.5 Å². The van der Waals surface area contributed by atoms with Crippen molar-refractivity contribution in [3.63, 3.8) is 0 Å². The Balaban J connectivity index is 4.52. The SMILES string of the molecule is CCC(C)(C)NC(C)(C)C(C)(C)N. The van der Waals surface area contributed by atoms with Crippen molar-refractivity contribution >= 4 is 0 Å². The monoisotopic (exact) mass is 186 g/mol. The molecule has 0 aliphatic carbocycles. The first-order valence-electron chi connectivity index (χ1n) is 5.10. The van der Waals surface area contributed by atoms with Crippen LogP contribution >= 0.6 is 0 Å². The molecular weight excluding hydrogens is 160 g/mol. The Morgan fingerprint density at radius 3 is 1.62 bits per heavy atom. The third kappa shape index (κ3) is 3.65. The van der Waals surface area contributed by atoms with E-state index in [1.165, 1.54) is 0 Å². The van der Waals surface area contributed by atoms with Gasteiger partial charge in [-0.2, -0.15) is 0 Å². The van der Waals surface area contributed by atoms with Crippen LogP contribution in [0.3, 0.4) is 0 Å². The van der Waals surface area contributed by atoms with Crippen molar-refractivity contribution in [2.24, 2.45) is 5.73 Å². The van der Waals surface area contributed by atoms with Crippen LogP contribution in [0.15, 0.2) is 0 Å². The summed E-state index contributed by atoms with van der Waals surface area (Å²) in [6.07, 6.45) is 1.10. The molecule has 0 saturated heterocycles. The fourth-order valence-corrected chi connectivity index (χ4v) is 1.10. The van der Waals surface area contributed by atoms with Crippen LogP contribution in [0.5, 0.6) is 0 Å². The highest BCUT2D eigenvalue weighted by atomic mass is 15.1. The van der Waals surface area contributed by atoms with Gasteiger partial charge < -0.3 is 11.1 Å². The van der Waals surface area contributed by atoms with Gasteiger partial charge in [-0.25, -0.2) is 0 Å². The number of hydrogen-bond acceptors (Lipinski definition) is 2. The molecule has 13 heavy (non-hydrogen) atoms. The van der Waals surface area contributed by atoms with Crippen molar-refractivity contribution in [3.8, 4) is 0 Å². The minimum absolute atomic E-state index is 0.0491. The van der Waals surface area contributed by atoms with Crippen LogP contribution in [0.1, 0.15) is 54.9 Å². The summed E-state index contributed by atoms with van der Waals surface area (Å²) >= 11 is 0. The van der Waals surface area contributed by atoms with E-state index in [1.54, 1.807) is 0 Å². The maximum Gasteiger partial charge on any atom is 0.0304 e. The summed E-state index contributed by atoms with van der Waals surface area (Å²) < 4.78 is 0. The highest BCUT2D eigenvalue weighted by Gasteiger charge is 2.36. The molecule has 0 bridgehead atoms. The maximum absolute atomic E-state index is 6.11. The fraction of sp³-hybridized carbons (Fsp3) is 1.00. The summed E-state index contributed by atoms with van der Waals surface area (Å²) in [5.41, 5.74) is 6.01. The van der Waals surface area contributed by atoms with Crippen molar-refractivity contribution in [1.82, 2.24) is 5.32 Å². The van der Waals surface area contributed by atoms with Gasteiger partial charge in [0.15, 0.2) is 0 Å². The quantitative estimate of drug-likeness (QED) is 0.707. The standard InChI is InChI=1S/C11H26N2/c1-8-9(2,3)13-11(6,7)10(4,5)12/h13H,8,12H2,1-7H3. The molecule has 0 spiro atoms. The first kappa shape index (κ1) is 12.9. The second-order valence-corrected chi connectivity index (χ2v) is 5.71. The third-order valence-corrected chi connectivity index (χ3v) is 3.15. The Hall–Kier alpha value is -0.0800.